The molecule has 0 bridgehead atoms. The second-order valence-corrected chi connectivity index (χ2v) is 3.68. The maximum absolute atomic E-state index is 11.6. The van der Waals surface area contributed by atoms with E-state index in [4.69, 9.17) is 10.5 Å². The molecule has 0 atom stereocenters. The number of esters is 2. The number of ether oxygens (including phenoxy) is 2. The summed E-state index contributed by atoms with van der Waals surface area (Å²) >= 11 is 0. The minimum absolute atomic E-state index is 0.143. The molecule has 0 amide bonds. The number of carbonyl (C=O) groups excluding carboxylic acids is 2. The summed E-state index contributed by atoms with van der Waals surface area (Å²) in [7, 11) is 2.33. The molecule has 0 aromatic heterocycles. The number of anilines is 1. The molecule has 0 aliphatic carbocycles. The average Bonchev–Trinajstić information content (AvgIpc) is 2.52. The highest BCUT2D eigenvalue weighted by Gasteiger charge is 2.13. The number of hydrogen-bond acceptors (Lipinski definition) is 7. The van der Waals surface area contributed by atoms with E-state index in [2.05, 4.69) is 14.8 Å². The van der Waals surface area contributed by atoms with Gasteiger partial charge in [-0.2, -0.15) is 10.5 Å². The molecule has 21 heavy (non-hydrogen) atoms. The Labute approximate surface area is 121 Å². The van der Waals surface area contributed by atoms with Crippen LogP contribution in [-0.4, -0.2) is 26.2 Å². The fourth-order valence-corrected chi connectivity index (χ4v) is 1.40. The van der Waals surface area contributed by atoms with Crippen molar-refractivity contribution in [1.82, 2.24) is 0 Å². The summed E-state index contributed by atoms with van der Waals surface area (Å²) in [5, 5.41) is 20.4. The van der Waals surface area contributed by atoms with Gasteiger partial charge >= 0.3 is 11.9 Å². The van der Waals surface area contributed by atoms with Crippen LogP contribution in [0.25, 0.3) is 0 Å². The van der Waals surface area contributed by atoms with Crippen LogP contribution in [0.3, 0.4) is 0 Å². The van der Waals surface area contributed by atoms with Gasteiger partial charge in [-0.1, -0.05) is 0 Å². The van der Waals surface area contributed by atoms with Crippen LogP contribution < -0.4 is 5.32 Å². The van der Waals surface area contributed by atoms with E-state index in [1.54, 1.807) is 0 Å². The topological polar surface area (TPSA) is 112 Å². The van der Waals surface area contributed by atoms with Crippen LogP contribution in [0.5, 0.6) is 0 Å². The van der Waals surface area contributed by atoms with E-state index in [0.29, 0.717) is 5.69 Å². The Morgan fingerprint density at radius 1 is 1.14 bits per heavy atom. The Morgan fingerprint density at radius 3 is 2.33 bits per heavy atom. The summed E-state index contributed by atoms with van der Waals surface area (Å²) in [4.78, 5) is 22.8. The lowest BCUT2D eigenvalue weighted by atomic mass is 10.1. The molecule has 1 aromatic carbocycles. The van der Waals surface area contributed by atoms with Gasteiger partial charge in [0.2, 0.25) is 0 Å². The van der Waals surface area contributed by atoms with Gasteiger partial charge in [0, 0.05) is 5.69 Å². The maximum atomic E-state index is 11.6. The Balaban J connectivity index is 3.14. The average molecular weight is 285 g/mol. The van der Waals surface area contributed by atoms with Gasteiger partial charge in [0.25, 0.3) is 0 Å². The van der Waals surface area contributed by atoms with Crippen LogP contribution in [-0.2, 0) is 19.1 Å². The number of nitrogens with zero attached hydrogens (tertiary/aromatic N) is 2. The van der Waals surface area contributed by atoms with Crippen molar-refractivity contribution in [3.8, 4) is 12.1 Å². The summed E-state index contributed by atoms with van der Waals surface area (Å²) < 4.78 is 8.97. The van der Waals surface area contributed by atoms with E-state index < -0.39 is 11.9 Å². The molecule has 0 unspecified atom stereocenters. The third-order valence-electron chi connectivity index (χ3n) is 2.41. The van der Waals surface area contributed by atoms with Crippen molar-refractivity contribution in [2.75, 3.05) is 19.5 Å². The minimum atomic E-state index is -0.775. The van der Waals surface area contributed by atoms with E-state index in [9.17, 15) is 9.59 Å². The molecule has 0 heterocycles. The number of rotatable bonds is 4. The monoisotopic (exact) mass is 285 g/mol. The first-order valence-corrected chi connectivity index (χ1v) is 5.65. The summed E-state index contributed by atoms with van der Waals surface area (Å²) in [5.41, 5.74) is 0.549. The third kappa shape index (κ3) is 4.08. The van der Waals surface area contributed by atoms with Crippen LogP contribution in [0.4, 0.5) is 5.69 Å². The van der Waals surface area contributed by atoms with Gasteiger partial charge in [-0.25, -0.2) is 9.59 Å². The van der Waals surface area contributed by atoms with Crippen LogP contribution in [0.1, 0.15) is 11.1 Å². The zero-order valence-electron chi connectivity index (χ0n) is 11.3. The lowest BCUT2D eigenvalue weighted by Crippen LogP contribution is -2.15. The van der Waals surface area contributed by atoms with Gasteiger partial charge in [-0.05, 0) is 18.2 Å². The largest absolute Gasteiger partial charge is 0.466 e. The van der Waals surface area contributed by atoms with Crippen molar-refractivity contribution in [2.45, 2.75) is 0 Å². The lowest BCUT2D eigenvalue weighted by molar-refractivity contribution is -0.138. The third-order valence-corrected chi connectivity index (χ3v) is 2.41. The fourth-order valence-electron chi connectivity index (χ4n) is 1.40. The van der Waals surface area contributed by atoms with Crippen molar-refractivity contribution in [2.24, 2.45) is 0 Å². The zero-order valence-corrected chi connectivity index (χ0v) is 11.3. The normalized spacial score (nSPS) is 10.0. The summed E-state index contributed by atoms with van der Waals surface area (Å²) in [6.45, 7) is 0. The molecular formula is C14H11N3O4. The number of methoxy groups -OCH3 is 2. The molecule has 0 spiro atoms. The molecule has 1 rings (SSSR count). The van der Waals surface area contributed by atoms with Gasteiger partial charge in [0.1, 0.15) is 17.8 Å². The van der Waals surface area contributed by atoms with E-state index in [1.807, 2.05) is 12.1 Å². The Hall–Kier alpha value is -3.32. The minimum Gasteiger partial charge on any atom is -0.466 e. The predicted molar refractivity (Wildman–Crippen MR) is 71.6 cm³/mol. The predicted octanol–water partition coefficient (Wildman–Crippen LogP) is 1.07. The number of benzene rings is 1. The van der Waals surface area contributed by atoms with Crippen LogP contribution >= 0.6 is 0 Å². The Morgan fingerprint density at radius 2 is 1.81 bits per heavy atom. The second-order valence-electron chi connectivity index (χ2n) is 3.68. The Kier molecular flexibility index (Phi) is 5.48. The molecule has 1 N–H and O–H groups in total. The van der Waals surface area contributed by atoms with Gasteiger partial charge in [-0.15, -0.1) is 0 Å². The Bertz CT molecular complexity index is 680. The van der Waals surface area contributed by atoms with Crippen molar-refractivity contribution < 1.29 is 19.1 Å². The standard InChI is InChI=1S/C14H11N3O4/c1-20-13(18)6-12(14(19)21-2)17-11-4-3-9(7-15)10(5-11)8-16/h3-6,17H,1-2H3/b12-6+. The SMILES string of the molecule is COC(=O)/C=C(/Nc1ccc(C#N)c(C#N)c1)C(=O)OC. The van der Waals surface area contributed by atoms with E-state index in [0.717, 1.165) is 13.2 Å². The van der Waals surface area contributed by atoms with Gasteiger partial charge in [0.15, 0.2) is 0 Å². The summed E-state index contributed by atoms with van der Waals surface area (Å²) in [6, 6.07) is 8.04. The molecule has 7 nitrogen and oxygen atoms in total. The summed E-state index contributed by atoms with van der Waals surface area (Å²) in [6.07, 6.45) is 0.927. The van der Waals surface area contributed by atoms with Gasteiger partial charge in [0.05, 0.1) is 31.4 Å². The number of nitriles is 2. The summed E-state index contributed by atoms with van der Waals surface area (Å²) in [5.74, 6) is -1.51. The molecule has 0 saturated carbocycles. The maximum Gasteiger partial charge on any atom is 0.354 e. The van der Waals surface area contributed by atoms with Gasteiger partial charge in [-0.3, -0.25) is 0 Å². The van der Waals surface area contributed by atoms with Crippen molar-refractivity contribution in [3.63, 3.8) is 0 Å². The highest BCUT2D eigenvalue weighted by molar-refractivity contribution is 5.98. The number of carbonyl (C=O) groups is 2. The van der Waals surface area contributed by atoms with E-state index in [-0.39, 0.29) is 16.8 Å². The molecular weight excluding hydrogens is 274 g/mol. The molecule has 0 aliphatic heterocycles. The first-order valence-electron chi connectivity index (χ1n) is 5.65. The zero-order chi connectivity index (χ0) is 15.8. The lowest BCUT2D eigenvalue weighted by Gasteiger charge is -2.09. The van der Waals surface area contributed by atoms with E-state index >= 15 is 0 Å². The second kappa shape index (κ2) is 7.31. The highest BCUT2D eigenvalue weighted by Crippen LogP contribution is 2.17. The van der Waals surface area contributed by atoms with Crippen molar-refractivity contribution >= 4 is 17.6 Å². The van der Waals surface area contributed by atoms with Crippen LogP contribution in [0, 0.1) is 22.7 Å². The highest BCUT2D eigenvalue weighted by atomic mass is 16.5. The number of nitrogens with one attached hydrogen (secondary N) is 1. The first kappa shape index (κ1) is 15.7. The van der Waals surface area contributed by atoms with E-state index in [1.165, 1.54) is 25.3 Å². The molecule has 0 fully saturated rings. The molecule has 0 saturated heterocycles. The molecule has 0 radical (unpaired) electrons. The smallest absolute Gasteiger partial charge is 0.354 e. The number of hydrogen-bond donors (Lipinski definition) is 1. The quantitative estimate of drug-likeness (QED) is 0.650. The van der Waals surface area contributed by atoms with Crippen molar-refractivity contribution in [3.05, 3.63) is 41.1 Å². The van der Waals surface area contributed by atoms with Crippen LogP contribution in [0.2, 0.25) is 0 Å². The molecule has 0 aliphatic rings. The molecule has 1 aromatic rings. The van der Waals surface area contributed by atoms with Gasteiger partial charge < -0.3 is 14.8 Å². The van der Waals surface area contributed by atoms with Crippen molar-refractivity contribution in [1.29, 1.82) is 10.5 Å². The molecule has 7 heteroatoms. The molecule has 106 valence electrons. The fraction of sp³-hybridized carbons (Fsp3) is 0.143. The van der Waals surface area contributed by atoms with Crippen LogP contribution in [0.15, 0.2) is 30.0 Å². The first-order chi connectivity index (χ1) is 10.0.